The lowest BCUT2D eigenvalue weighted by atomic mass is 10.1. The van der Waals surface area contributed by atoms with Crippen LogP contribution in [0.3, 0.4) is 0 Å². The molecule has 30 heavy (non-hydrogen) atoms. The van der Waals surface area contributed by atoms with E-state index < -0.39 is 4.92 Å². The maximum atomic E-state index is 11.2. The van der Waals surface area contributed by atoms with E-state index in [-0.39, 0.29) is 17.3 Å². The Morgan fingerprint density at radius 3 is 2.73 bits per heavy atom. The molecule has 9 nitrogen and oxygen atoms in total. The number of nitrogens with zero attached hydrogens (tertiary/aromatic N) is 3. The molecule has 0 radical (unpaired) electrons. The smallest absolute Gasteiger partial charge is 0.311 e. The summed E-state index contributed by atoms with van der Waals surface area (Å²) in [6.07, 6.45) is 1.48. The lowest BCUT2D eigenvalue weighted by Crippen LogP contribution is -2.05. The molecule has 0 aliphatic rings. The van der Waals surface area contributed by atoms with Gasteiger partial charge in [-0.15, -0.1) is 11.3 Å². The average molecular weight is 425 g/mol. The molecule has 0 aliphatic heterocycles. The van der Waals surface area contributed by atoms with Gasteiger partial charge in [0.05, 0.1) is 23.4 Å². The molecule has 0 unspecified atom stereocenters. The number of hydrogen-bond acceptors (Lipinski definition) is 8. The monoisotopic (exact) mass is 425 g/mol. The minimum atomic E-state index is -0.486. The number of nitrogens with one attached hydrogen (secondary N) is 2. The van der Waals surface area contributed by atoms with Crippen LogP contribution in [-0.4, -0.2) is 28.6 Å². The normalized spacial score (nSPS) is 10.7. The first kappa shape index (κ1) is 20.9. The Hall–Kier alpha value is -3.79. The standard InChI is InChI=1S/C20H19N5O4S/c1-3-29-19-9-4-14(10-18(19)25(27)28)11-21-24-20-23-17(12-30-20)15-5-7-16(8-6-15)22-13(2)26/h4-12H,3H2,1-2H3,(H,22,26)(H,23,24)/b21-11-. The Kier molecular flexibility index (Phi) is 6.71. The van der Waals surface area contributed by atoms with Gasteiger partial charge >= 0.3 is 5.69 Å². The van der Waals surface area contributed by atoms with Gasteiger partial charge in [-0.3, -0.25) is 20.3 Å². The van der Waals surface area contributed by atoms with Crippen LogP contribution in [0.1, 0.15) is 19.4 Å². The predicted molar refractivity (Wildman–Crippen MR) is 117 cm³/mol. The van der Waals surface area contributed by atoms with Crippen LogP contribution >= 0.6 is 11.3 Å². The molecule has 1 heterocycles. The molecule has 0 spiro atoms. The highest BCUT2D eigenvalue weighted by molar-refractivity contribution is 7.14. The summed E-state index contributed by atoms with van der Waals surface area (Å²) in [5, 5.41) is 20.5. The van der Waals surface area contributed by atoms with E-state index in [1.807, 2.05) is 17.5 Å². The maximum Gasteiger partial charge on any atom is 0.311 e. The van der Waals surface area contributed by atoms with E-state index in [4.69, 9.17) is 4.74 Å². The zero-order chi connectivity index (χ0) is 21.5. The number of benzene rings is 2. The summed E-state index contributed by atoms with van der Waals surface area (Å²) in [6, 6.07) is 12.0. The number of hydrazone groups is 1. The molecule has 1 amide bonds. The topological polar surface area (TPSA) is 119 Å². The molecule has 0 saturated carbocycles. The van der Waals surface area contributed by atoms with E-state index in [1.54, 1.807) is 31.2 Å². The van der Waals surface area contributed by atoms with Crippen molar-refractivity contribution >= 4 is 40.0 Å². The second-order valence-electron chi connectivity index (χ2n) is 6.08. The van der Waals surface area contributed by atoms with Crippen LogP contribution < -0.4 is 15.5 Å². The highest BCUT2D eigenvalue weighted by Crippen LogP contribution is 2.28. The third kappa shape index (κ3) is 5.39. The summed E-state index contributed by atoms with van der Waals surface area (Å²) in [7, 11) is 0. The number of amides is 1. The fourth-order valence-corrected chi connectivity index (χ4v) is 3.25. The van der Waals surface area contributed by atoms with Crippen LogP contribution in [-0.2, 0) is 4.79 Å². The van der Waals surface area contributed by atoms with Gasteiger partial charge in [0.25, 0.3) is 0 Å². The molecule has 0 bridgehead atoms. The Balaban J connectivity index is 1.66. The van der Waals surface area contributed by atoms with Crippen molar-refractivity contribution in [2.45, 2.75) is 13.8 Å². The summed E-state index contributed by atoms with van der Waals surface area (Å²) in [5.74, 6) is 0.0975. The molecule has 154 valence electrons. The van der Waals surface area contributed by atoms with Crippen molar-refractivity contribution in [1.82, 2.24) is 4.98 Å². The summed E-state index contributed by atoms with van der Waals surface area (Å²) in [4.78, 5) is 26.3. The van der Waals surface area contributed by atoms with Crippen LogP contribution in [0.4, 0.5) is 16.5 Å². The minimum Gasteiger partial charge on any atom is -0.487 e. The van der Waals surface area contributed by atoms with Crippen LogP contribution in [0.5, 0.6) is 5.75 Å². The quantitative estimate of drug-likeness (QED) is 0.311. The molecule has 0 fully saturated rings. The summed E-state index contributed by atoms with van der Waals surface area (Å²) < 4.78 is 5.27. The Bertz CT molecular complexity index is 1080. The van der Waals surface area contributed by atoms with Crippen molar-refractivity contribution in [3.63, 3.8) is 0 Å². The number of anilines is 2. The van der Waals surface area contributed by atoms with Gasteiger partial charge in [-0.1, -0.05) is 12.1 Å². The Morgan fingerprint density at radius 2 is 2.07 bits per heavy atom. The van der Waals surface area contributed by atoms with Gasteiger partial charge in [0, 0.05) is 35.2 Å². The number of hydrogen-bond donors (Lipinski definition) is 2. The molecular formula is C20H19N5O4S. The highest BCUT2D eigenvalue weighted by atomic mass is 32.1. The molecule has 2 N–H and O–H groups in total. The van der Waals surface area contributed by atoms with Crippen LogP contribution in [0.2, 0.25) is 0 Å². The predicted octanol–water partition coefficient (Wildman–Crippen LogP) is 4.52. The first-order valence-electron chi connectivity index (χ1n) is 9.00. The third-order valence-corrected chi connectivity index (χ3v) is 4.61. The Morgan fingerprint density at radius 1 is 1.30 bits per heavy atom. The molecule has 0 saturated heterocycles. The van der Waals surface area contributed by atoms with Gasteiger partial charge < -0.3 is 10.1 Å². The second kappa shape index (κ2) is 9.61. The van der Waals surface area contributed by atoms with Gasteiger partial charge in [0.15, 0.2) is 5.75 Å². The zero-order valence-corrected chi connectivity index (χ0v) is 17.1. The van der Waals surface area contributed by atoms with Gasteiger partial charge in [0.1, 0.15) is 0 Å². The van der Waals surface area contributed by atoms with Crippen molar-refractivity contribution in [2.24, 2.45) is 5.10 Å². The van der Waals surface area contributed by atoms with Crippen LogP contribution in [0, 0.1) is 10.1 Å². The van der Waals surface area contributed by atoms with Crippen molar-refractivity contribution in [3.8, 4) is 17.0 Å². The maximum absolute atomic E-state index is 11.2. The fourth-order valence-electron chi connectivity index (χ4n) is 2.58. The van der Waals surface area contributed by atoms with Crippen molar-refractivity contribution < 1.29 is 14.5 Å². The van der Waals surface area contributed by atoms with Crippen molar-refractivity contribution in [1.29, 1.82) is 0 Å². The van der Waals surface area contributed by atoms with Crippen LogP contribution in [0.25, 0.3) is 11.3 Å². The first-order valence-corrected chi connectivity index (χ1v) is 9.88. The van der Waals surface area contributed by atoms with Gasteiger partial charge in [-0.2, -0.15) is 5.10 Å². The lowest BCUT2D eigenvalue weighted by Gasteiger charge is -2.04. The van der Waals surface area contributed by atoms with Gasteiger partial charge in [0.2, 0.25) is 11.0 Å². The van der Waals surface area contributed by atoms with E-state index in [1.165, 1.54) is 30.5 Å². The van der Waals surface area contributed by atoms with Gasteiger partial charge in [-0.25, -0.2) is 4.98 Å². The Labute approximate surface area is 176 Å². The summed E-state index contributed by atoms with van der Waals surface area (Å²) in [5.41, 5.74) is 5.66. The highest BCUT2D eigenvalue weighted by Gasteiger charge is 2.15. The number of nitro groups is 1. The molecule has 0 atom stereocenters. The van der Waals surface area contributed by atoms with Gasteiger partial charge in [-0.05, 0) is 31.2 Å². The molecule has 3 rings (SSSR count). The average Bonchev–Trinajstić information content (AvgIpc) is 3.18. The largest absolute Gasteiger partial charge is 0.487 e. The van der Waals surface area contributed by atoms with Crippen LogP contribution in [0.15, 0.2) is 52.9 Å². The second-order valence-corrected chi connectivity index (χ2v) is 6.94. The third-order valence-electron chi connectivity index (χ3n) is 3.86. The number of rotatable bonds is 8. The summed E-state index contributed by atoms with van der Waals surface area (Å²) >= 11 is 1.38. The fraction of sp³-hybridized carbons (Fsp3) is 0.150. The molecule has 1 aromatic heterocycles. The molecular weight excluding hydrogens is 406 g/mol. The number of thiazole rings is 1. The van der Waals surface area contributed by atoms with E-state index in [9.17, 15) is 14.9 Å². The number of ether oxygens (including phenoxy) is 1. The number of nitro benzene ring substituents is 1. The number of aromatic nitrogens is 1. The van der Waals surface area contributed by atoms with Crippen molar-refractivity contribution in [3.05, 3.63) is 63.5 Å². The van der Waals surface area contributed by atoms with Crippen molar-refractivity contribution in [2.75, 3.05) is 17.3 Å². The number of carbonyl (C=O) groups excluding carboxylic acids is 1. The molecule has 0 aliphatic carbocycles. The van der Waals surface area contributed by atoms with E-state index >= 15 is 0 Å². The minimum absolute atomic E-state index is 0.111. The SMILES string of the molecule is CCOc1ccc(/C=N\Nc2nc(-c3ccc(NC(C)=O)cc3)cs2)cc1[N+](=O)[O-]. The van der Waals surface area contributed by atoms with E-state index in [2.05, 4.69) is 20.8 Å². The molecule has 2 aromatic carbocycles. The van der Waals surface area contributed by atoms with E-state index in [0.717, 1.165) is 11.3 Å². The zero-order valence-electron chi connectivity index (χ0n) is 16.3. The first-order chi connectivity index (χ1) is 14.5. The molecule has 3 aromatic rings. The molecule has 10 heteroatoms. The lowest BCUT2D eigenvalue weighted by molar-refractivity contribution is -0.385. The van der Waals surface area contributed by atoms with E-state index in [0.29, 0.717) is 23.0 Å². The summed E-state index contributed by atoms with van der Waals surface area (Å²) in [6.45, 7) is 3.57. The number of carbonyl (C=O) groups is 1.